The fourth-order valence-corrected chi connectivity index (χ4v) is 2.82. The Balaban J connectivity index is 2.20. The van der Waals surface area contributed by atoms with Crippen molar-refractivity contribution in [1.82, 2.24) is 9.88 Å². The highest BCUT2D eigenvalue weighted by Crippen LogP contribution is 2.50. The Morgan fingerprint density at radius 2 is 2.18 bits per heavy atom. The highest BCUT2D eigenvalue weighted by Gasteiger charge is 2.45. The average Bonchev–Trinajstić information content (AvgIpc) is 2.99. The third-order valence-electron chi connectivity index (χ3n) is 3.89. The number of likely N-dealkylation sites (N-methyl/N-ethyl adjacent to an activating group) is 1. The van der Waals surface area contributed by atoms with E-state index in [1.807, 2.05) is 20.2 Å². The van der Waals surface area contributed by atoms with Crippen LogP contribution in [0.2, 0.25) is 0 Å². The first kappa shape index (κ1) is 10.8. The largest absolute Gasteiger partial charge is 0.350 e. The molecule has 1 N–H and O–H groups in total. The van der Waals surface area contributed by atoms with Gasteiger partial charge in [0.2, 0.25) is 0 Å². The molecule has 0 unspecified atom stereocenters. The van der Waals surface area contributed by atoms with E-state index in [1.165, 1.54) is 24.5 Å². The molecule has 2 nitrogen and oxygen atoms in total. The molecule has 0 bridgehead atoms. The second-order valence-electron chi connectivity index (χ2n) is 5.13. The first-order valence-corrected chi connectivity index (χ1v) is 6.06. The standard InChI is InChI=1S/C14H17FN2/c1-16-9-14(5-6-14)12-8-17(2)13-4-3-10(15)7-11(12)13/h3-4,7-8,16H,5-6,9H2,1-2H3. The summed E-state index contributed by atoms with van der Waals surface area (Å²) in [7, 11) is 4.00. The Hall–Kier alpha value is -1.35. The Morgan fingerprint density at radius 1 is 1.41 bits per heavy atom. The molecule has 0 saturated heterocycles. The molecule has 1 aliphatic carbocycles. The minimum Gasteiger partial charge on any atom is -0.350 e. The van der Waals surface area contributed by atoms with Crippen LogP contribution < -0.4 is 5.32 Å². The van der Waals surface area contributed by atoms with Crippen LogP contribution in [0.3, 0.4) is 0 Å². The molecule has 1 aliphatic rings. The van der Waals surface area contributed by atoms with Crippen LogP contribution in [0.5, 0.6) is 0 Å². The summed E-state index contributed by atoms with van der Waals surface area (Å²) in [5.41, 5.74) is 2.65. The molecule has 0 radical (unpaired) electrons. The van der Waals surface area contributed by atoms with E-state index in [2.05, 4.69) is 16.1 Å². The number of halogens is 1. The van der Waals surface area contributed by atoms with Crippen molar-refractivity contribution in [2.75, 3.05) is 13.6 Å². The highest BCUT2D eigenvalue weighted by molar-refractivity contribution is 5.85. The summed E-state index contributed by atoms with van der Waals surface area (Å²) in [5.74, 6) is -0.148. The summed E-state index contributed by atoms with van der Waals surface area (Å²) in [4.78, 5) is 0. The Labute approximate surface area is 100 Å². The molecule has 3 rings (SSSR count). The predicted molar refractivity (Wildman–Crippen MR) is 67.7 cm³/mol. The van der Waals surface area contributed by atoms with Crippen LogP contribution in [-0.4, -0.2) is 18.2 Å². The first-order valence-electron chi connectivity index (χ1n) is 6.06. The zero-order valence-corrected chi connectivity index (χ0v) is 10.3. The summed E-state index contributed by atoms with van der Waals surface area (Å²) in [5, 5.41) is 4.32. The number of nitrogens with zero attached hydrogens (tertiary/aromatic N) is 1. The first-order chi connectivity index (χ1) is 8.16. The molecule has 1 fully saturated rings. The van der Waals surface area contributed by atoms with Crippen molar-refractivity contribution < 1.29 is 4.39 Å². The summed E-state index contributed by atoms with van der Waals surface area (Å²) in [6.45, 7) is 0.975. The molecular formula is C14H17FN2. The number of fused-ring (bicyclic) bond motifs is 1. The van der Waals surface area contributed by atoms with Crippen molar-refractivity contribution in [3.63, 3.8) is 0 Å². The van der Waals surface area contributed by atoms with Crippen LogP contribution in [0.4, 0.5) is 4.39 Å². The van der Waals surface area contributed by atoms with Gasteiger partial charge >= 0.3 is 0 Å². The van der Waals surface area contributed by atoms with Gasteiger partial charge in [0.05, 0.1) is 0 Å². The van der Waals surface area contributed by atoms with Crippen molar-refractivity contribution in [3.05, 3.63) is 35.8 Å². The summed E-state index contributed by atoms with van der Waals surface area (Å²) >= 11 is 0. The second kappa shape index (κ2) is 3.57. The van der Waals surface area contributed by atoms with Crippen LogP contribution >= 0.6 is 0 Å². The van der Waals surface area contributed by atoms with E-state index in [4.69, 9.17) is 0 Å². The average molecular weight is 232 g/mol. The van der Waals surface area contributed by atoms with Gasteiger partial charge in [0.15, 0.2) is 0 Å². The van der Waals surface area contributed by atoms with Crippen molar-refractivity contribution in [3.8, 4) is 0 Å². The Morgan fingerprint density at radius 3 is 2.82 bits per heavy atom. The van der Waals surface area contributed by atoms with E-state index < -0.39 is 0 Å². The van der Waals surface area contributed by atoms with Crippen molar-refractivity contribution in [1.29, 1.82) is 0 Å². The van der Waals surface area contributed by atoms with Crippen LogP contribution in [0.25, 0.3) is 10.9 Å². The monoisotopic (exact) mass is 232 g/mol. The maximum Gasteiger partial charge on any atom is 0.123 e. The second-order valence-corrected chi connectivity index (χ2v) is 5.13. The molecule has 1 aromatic carbocycles. The zero-order chi connectivity index (χ0) is 12.0. The van der Waals surface area contributed by atoms with Crippen molar-refractivity contribution in [2.24, 2.45) is 7.05 Å². The van der Waals surface area contributed by atoms with Gasteiger partial charge in [-0.05, 0) is 43.7 Å². The molecule has 1 heterocycles. The van der Waals surface area contributed by atoms with E-state index in [-0.39, 0.29) is 11.2 Å². The number of aromatic nitrogens is 1. The molecule has 90 valence electrons. The topological polar surface area (TPSA) is 17.0 Å². The Kier molecular flexibility index (Phi) is 2.26. The SMILES string of the molecule is CNCC1(c2cn(C)c3ccc(F)cc23)CC1. The lowest BCUT2D eigenvalue weighted by Crippen LogP contribution is -2.23. The molecule has 1 aromatic heterocycles. The summed E-state index contributed by atoms with van der Waals surface area (Å²) in [6, 6.07) is 5.06. The molecule has 0 atom stereocenters. The van der Waals surface area contributed by atoms with Gasteiger partial charge in [-0.2, -0.15) is 0 Å². The predicted octanol–water partition coefficient (Wildman–Crippen LogP) is 2.57. The van der Waals surface area contributed by atoms with Gasteiger partial charge in [-0.1, -0.05) is 0 Å². The molecule has 0 spiro atoms. The van der Waals surface area contributed by atoms with Crippen LogP contribution in [0.1, 0.15) is 18.4 Å². The fourth-order valence-electron chi connectivity index (χ4n) is 2.82. The minimum atomic E-state index is -0.148. The maximum atomic E-state index is 13.4. The van der Waals surface area contributed by atoms with Gasteiger partial charge in [0.25, 0.3) is 0 Å². The van der Waals surface area contributed by atoms with Gasteiger partial charge in [0, 0.05) is 36.1 Å². The van der Waals surface area contributed by atoms with Gasteiger partial charge in [-0.3, -0.25) is 0 Å². The van der Waals surface area contributed by atoms with E-state index in [1.54, 1.807) is 6.07 Å². The van der Waals surface area contributed by atoms with Crippen LogP contribution in [-0.2, 0) is 12.5 Å². The van der Waals surface area contributed by atoms with Gasteiger partial charge < -0.3 is 9.88 Å². The lowest BCUT2D eigenvalue weighted by Gasteiger charge is -2.13. The smallest absolute Gasteiger partial charge is 0.123 e. The van der Waals surface area contributed by atoms with E-state index >= 15 is 0 Å². The molecule has 0 aliphatic heterocycles. The maximum absolute atomic E-state index is 13.4. The molecular weight excluding hydrogens is 215 g/mol. The molecule has 0 amide bonds. The van der Waals surface area contributed by atoms with Crippen LogP contribution in [0, 0.1) is 5.82 Å². The number of rotatable bonds is 3. The summed E-state index contributed by atoms with van der Waals surface area (Å²) in [6.07, 6.45) is 4.56. The molecule has 17 heavy (non-hydrogen) atoms. The normalized spacial score (nSPS) is 17.6. The molecule has 2 aromatic rings. The van der Waals surface area contributed by atoms with Crippen molar-refractivity contribution >= 4 is 10.9 Å². The van der Waals surface area contributed by atoms with Crippen molar-refractivity contribution in [2.45, 2.75) is 18.3 Å². The third-order valence-corrected chi connectivity index (χ3v) is 3.89. The van der Waals surface area contributed by atoms with E-state index in [0.29, 0.717) is 0 Å². The van der Waals surface area contributed by atoms with Crippen LogP contribution in [0.15, 0.2) is 24.4 Å². The molecule has 1 saturated carbocycles. The van der Waals surface area contributed by atoms with E-state index in [0.717, 1.165) is 17.4 Å². The van der Waals surface area contributed by atoms with Gasteiger partial charge in [0.1, 0.15) is 5.82 Å². The third kappa shape index (κ3) is 1.57. The van der Waals surface area contributed by atoms with Gasteiger partial charge in [-0.25, -0.2) is 4.39 Å². The fraction of sp³-hybridized carbons (Fsp3) is 0.429. The number of benzene rings is 1. The minimum absolute atomic E-state index is 0.148. The zero-order valence-electron chi connectivity index (χ0n) is 10.3. The molecule has 3 heteroatoms. The quantitative estimate of drug-likeness (QED) is 0.860. The lowest BCUT2D eigenvalue weighted by atomic mass is 9.95. The lowest BCUT2D eigenvalue weighted by molar-refractivity contribution is 0.622. The number of hydrogen-bond acceptors (Lipinski definition) is 1. The highest BCUT2D eigenvalue weighted by atomic mass is 19.1. The van der Waals surface area contributed by atoms with E-state index in [9.17, 15) is 4.39 Å². The summed E-state index contributed by atoms with van der Waals surface area (Å²) < 4.78 is 15.5. The van der Waals surface area contributed by atoms with Gasteiger partial charge in [-0.15, -0.1) is 0 Å². The number of aryl methyl sites for hydroxylation is 1. The Bertz CT molecular complexity index is 567. The number of hydrogen-bond donors (Lipinski definition) is 1. The number of nitrogens with one attached hydrogen (secondary N) is 1.